The second-order valence-corrected chi connectivity index (χ2v) is 3.52. The number of hydrogen-bond donors (Lipinski definition) is 0. The lowest BCUT2D eigenvalue weighted by molar-refractivity contribution is 0.335. The number of ether oxygens (including phenoxy) is 1. The summed E-state index contributed by atoms with van der Waals surface area (Å²) in [5.41, 5.74) is 2.38. The summed E-state index contributed by atoms with van der Waals surface area (Å²) < 4.78 is 5.56. The predicted octanol–water partition coefficient (Wildman–Crippen LogP) is 3.32. The summed E-state index contributed by atoms with van der Waals surface area (Å²) in [6.07, 6.45) is 0. The number of rotatable bonds is 3. The van der Waals surface area contributed by atoms with Gasteiger partial charge in [0.15, 0.2) is 0 Å². The van der Waals surface area contributed by atoms with Gasteiger partial charge in [-0.05, 0) is 49.1 Å². The maximum Gasteiger partial charge on any atom is 0.123 e. The van der Waals surface area contributed by atoms with E-state index in [-0.39, 0.29) is 0 Å². The van der Waals surface area contributed by atoms with Gasteiger partial charge in [-0.15, -0.1) is 0 Å². The van der Waals surface area contributed by atoms with Crippen LogP contribution in [0.25, 0.3) is 0 Å². The zero-order valence-electron chi connectivity index (χ0n) is 8.85. The molecule has 0 unspecified atom stereocenters. The summed E-state index contributed by atoms with van der Waals surface area (Å²) in [4.78, 5) is 0. The molecule has 71 valence electrons. The van der Waals surface area contributed by atoms with E-state index in [0.717, 1.165) is 17.9 Å². The molecule has 0 aliphatic carbocycles. The molecule has 1 radical (unpaired) electrons. The fraction of sp³-hybridized carbons (Fsp3) is 0.500. The lowest BCUT2D eigenvalue weighted by Crippen LogP contribution is -1.98. The average Bonchev–Trinajstić information content (AvgIpc) is 2.04. The monoisotopic (exact) mass is 177 g/mol. The van der Waals surface area contributed by atoms with Gasteiger partial charge in [-0.25, -0.2) is 0 Å². The van der Waals surface area contributed by atoms with Crippen LogP contribution < -0.4 is 4.74 Å². The predicted molar refractivity (Wildman–Crippen MR) is 55.3 cm³/mol. The molecule has 1 heteroatoms. The van der Waals surface area contributed by atoms with Gasteiger partial charge in [0.05, 0.1) is 6.61 Å². The molecule has 1 rings (SSSR count). The Morgan fingerprint density at radius 2 is 2.15 bits per heavy atom. The van der Waals surface area contributed by atoms with Crippen molar-refractivity contribution in [3.8, 4) is 5.75 Å². The van der Waals surface area contributed by atoms with Gasteiger partial charge < -0.3 is 4.74 Å². The summed E-state index contributed by atoms with van der Waals surface area (Å²) in [6, 6.07) is 7.29. The fourth-order valence-electron chi connectivity index (χ4n) is 1.32. The van der Waals surface area contributed by atoms with Gasteiger partial charge in [-0.2, -0.15) is 0 Å². The Labute approximate surface area is 80.7 Å². The molecule has 0 atom stereocenters. The van der Waals surface area contributed by atoms with Gasteiger partial charge >= 0.3 is 0 Å². The van der Waals surface area contributed by atoms with Crippen LogP contribution in [-0.4, -0.2) is 6.61 Å². The maximum absolute atomic E-state index is 5.56. The number of hydrogen-bond acceptors (Lipinski definition) is 1. The Hall–Kier alpha value is -0.980. The van der Waals surface area contributed by atoms with E-state index in [0.29, 0.717) is 5.92 Å². The first kappa shape index (κ1) is 10.1. The van der Waals surface area contributed by atoms with E-state index < -0.39 is 0 Å². The molecule has 1 nitrogen and oxygen atoms in total. The first-order chi connectivity index (χ1) is 6.15. The standard InChI is InChI=1S/C12H17O/c1-5-13-12-8-10(4)6-7-11(12)9(2)3/h7-9H,5H2,1-4H3. The third-order valence-corrected chi connectivity index (χ3v) is 2.01. The lowest BCUT2D eigenvalue weighted by Gasteiger charge is -2.13. The van der Waals surface area contributed by atoms with E-state index in [1.807, 2.05) is 19.9 Å². The largest absolute Gasteiger partial charge is 0.494 e. The smallest absolute Gasteiger partial charge is 0.123 e. The van der Waals surface area contributed by atoms with E-state index in [1.54, 1.807) is 0 Å². The van der Waals surface area contributed by atoms with Gasteiger partial charge in [0.2, 0.25) is 0 Å². The zero-order valence-corrected chi connectivity index (χ0v) is 8.85. The Morgan fingerprint density at radius 3 is 2.69 bits per heavy atom. The van der Waals surface area contributed by atoms with Crippen LogP contribution in [0, 0.1) is 13.0 Å². The Morgan fingerprint density at radius 1 is 1.46 bits per heavy atom. The molecule has 13 heavy (non-hydrogen) atoms. The number of benzene rings is 1. The molecule has 1 aromatic rings. The van der Waals surface area contributed by atoms with E-state index in [9.17, 15) is 0 Å². The Bertz CT molecular complexity index is 276. The lowest BCUT2D eigenvalue weighted by atomic mass is 10.0. The van der Waals surface area contributed by atoms with E-state index >= 15 is 0 Å². The minimum absolute atomic E-state index is 0.499. The highest BCUT2D eigenvalue weighted by Crippen LogP contribution is 2.26. The summed E-state index contributed by atoms with van der Waals surface area (Å²) in [5, 5.41) is 0. The molecule has 1 aromatic carbocycles. The van der Waals surface area contributed by atoms with Crippen LogP contribution in [-0.2, 0) is 0 Å². The summed E-state index contributed by atoms with van der Waals surface area (Å²) in [5.74, 6) is 1.51. The minimum Gasteiger partial charge on any atom is -0.494 e. The van der Waals surface area contributed by atoms with Crippen LogP contribution in [0.3, 0.4) is 0 Å². The second-order valence-electron chi connectivity index (χ2n) is 3.52. The van der Waals surface area contributed by atoms with Crippen LogP contribution in [0.15, 0.2) is 12.1 Å². The molecule has 0 N–H and O–H groups in total. The normalized spacial score (nSPS) is 10.5. The minimum atomic E-state index is 0.499. The van der Waals surface area contributed by atoms with E-state index in [4.69, 9.17) is 4.74 Å². The van der Waals surface area contributed by atoms with Crippen molar-refractivity contribution in [2.24, 2.45) is 0 Å². The molecular formula is C12H17O. The van der Waals surface area contributed by atoms with Crippen molar-refractivity contribution in [1.82, 2.24) is 0 Å². The first-order valence-electron chi connectivity index (χ1n) is 4.80. The Balaban J connectivity index is 3.03. The average molecular weight is 177 g/mol. The third kappa shape index (κ3) is 2.48. The molecule has 0 spiro atoms. The topological polar surface area (TPSA) is 9.23 Å². The van der Waals surface area contributed by atoms with E-state index in [1.165, 1.54) is 5.56 Å². The van der Waals surface area contributed by atoms with Gasteiger partial charge in [0.1, 0.15) is 5.75 Å². The molecule has 0 saturated heterocycles. The van der Waals surface area contributed by atoms with Crippen LogP contribution in [0.5, 0.6) is 5.75 Å². The second kappa shape index (κ2) is 4.31. The van der Waals surface area contributed by atoms with Crippen molar-refractivity contribution in [2.75, 3.05) is 6.61 Å². The van der Waals surface area contributed by atoms with Crippen molar-refractivity contribution in [2.45, 2.75) is 33.6 Å². The molecule has 0 fully saturated rings. The van der Waals surface area contributed by atoms with Crippen LogP contribution in [0.2, 0.25) is 0 Å². The van der Waals surface area contributed by atoms with Gasteiger partial charge in [0, 0.05) is 0 Å². The molecule has 0 amide bonds. The van der Waals surface area contributed by atoms with Crippen LogP contribution in [0.4, 0.5) is 0 Å². The SMILES string of the molecule is CCOc1cc(C)[c]cc1C(C)C. The van der Waals surface area contributed by atoms with Crippen molar-refractivity contribution < 1.29 is 4.74 Å². The molecule has 0 heterocycles. The number of aryl methyl sites for hydroxylation is 1. The van der Waals surface area contributed by atoms with Crippen molar-refractivity contribution >= 4 is 0 Å². The summed E-state index contributed by atoms with van der Waals surface area (Å²) in [6.45, 7) is 9.11. The highest BCUT2D eigenvalue weighted by molar-refractivity contribution is 5.38. The first-order valence-corrected chi connectivity index (χ1v) is 4.80. The van der Waals surface area contributed by atoms with Crippen LogP contribution >= 0.6 is 0 Å². The Kier molecular flexibility index (Phi) is 3.35. The van der Waals surface area contributed by atoms with Gasteiger partial charge in [-0.3, -0.25) is 0 Å². The van der Waals surface area contributed by atoms with Crippen molar-refractivity contribution in [3.05, 3.63) is 29.3 Å². The third-order valence-electron chi connectivity index (χ3n) is 2.01. The highest BCUT2D eigenvalue weighted by Gasteiger charge is 2.06. The quantitative estimate of drug-likeness (QED) is 0.688. The highest BCUT2D eigenvalue weighted by atomic mass is 16.5. The zero-order chi connectivity index (χ0) is 9.84. The van der Waals surface area contributed by atoms with Crippen molar-refractivity contribution in [1.29, 1.82) is 0 Å². The summed E-state index contributed by atoms with van der Waals surface area (Å²) in [7, 11) is 0. The van der Waals surface area contributed by atoms with E-state index in [2.05, 4.69) is 26.0 Å². The maximum atomic E-state index is 5.56. The molecule has 0 saturated carbocycles. The molecule has 0 aromatic heterocycles. The van der Waals surface area contributed by atoms with Gasteiger partial charge in [0.25, 0.3) is 0 Å². The molecular weight excluding hydrogens is 160 g/mol. The van der Waals surface area contributed by atoms with Gasteiger partial charge in [-0.1, -0.05) is 13.8 Å². The molecule has 0 aliphatic rings. The molecule has 0 aliphatic heterocycles. The summed E-state index contributed by atoms with van der Waals surface area (Å²) >= 11 is 0. The fourth-order valence-corrected chi connectivity index (χ4v) is 1.32. The van der Waals surface area contributed by atoms with Crippen LogP contribution in [0.1, 0.15) is 37.8 Å². The molecule has 0 bridgehead atoms. The van der Waals surface area contributed by atoms with Crippen molar-refractivity contribution in [3.63, 3.8) is 0 Å².